The Hall–Kier alpha value is -2.25. The number of esters is 1. The lowest BCUT2D eigenvalue weighted by molar-refractivity contribution is -0.251. The molecule has 4 atom stereocenters. The second-order valence-corrected chi connectivity index (χ2v) is 8.44. The summed E-state index contributed by atoms with van der Waals surface area (Å²) in [6.07, 6.45) is 3.48. The minimum Gasteiger partial charge on any atom is -0.459 e. The summed E-state index contributed by atoms with van der Waals surface area (Å²) in [5, 5.41) is 0. The Kier molecular flexibility index (Phi) is 6.05. The first kappa shape index (κ1) is 20.6. The van der Waals surface area contributed by atoms with Crippen LogP contribution in [0.3, 0.4) is 0 Å². The largest absolute Gasteiger partial charge is 0.459 e. The fraction of sp³-hybridized carbons (Fsp3) is 0.480. The molecule has 1 spiro atoms. The lowest BCUT2D eigenvalue weighted by atomic mass is 9.94. The van der Waals surface area contributed by atoms with E-state index in [2.05, 4.69) is 0 Å². The van der Waals surface area contributed by atoms with Crippen molar-refractivity contribution < 1.29 is 28.5 Å². The van der Waals surface area contributed by atoms with Gasteiger partial charge in [0.1, 0.15) is 24.9 Å². The van der Waals surface area contributed by atoms with Gasteiger partial charge in [-0.1, -0.05) is 55.0 Å². The fourth-order valence-corrected chi connectivity index (χ4v) is 4.64. The molecule has 0 N–H and O–H groups in total. The van der Waals surface area contributed by atoms with Gasteiger partial charge >= 0.3 is 5.97 Å². The van der Waals surface area contributed by atoms with Crippen LogP contribution in [0.25, 0.3) is 0 Å². The monoisotopic (exact) mass is 424 g/mol. The molecule has 0 bridgehead atoms. The highest BCUT2D eigenvalue weighted by molar-refractivity contribution is 5.89. The molecule has 5 rings (SSSR count). The predicted octanol–water partition coefficient (Wildman–Crippen LogP) is 4.23. The molecule has 31 heavy (non-hydrogen) atoms. The molecular weight excluding hydrogens is 396 g/mol. The highest BCUT2D eigenvalue weighted by atomic mass is 16.8. The van der Waals surface area contributed by atoms with Gasteiger partial charge in [-0.2, -0.15) is 0 Å². The molecule has 0 radical (unpaired) electrons. The molecule has 0 aromatic heterocycles. The zero-order valence-electron chi connectivity index (χ0n) is 17.5. The molecule has 3 fully saturated rings. The van der Waals surface area contributed by atoms with Gasteiger partial charge in [-0.05, 0) is 30.5 Å². The second kappa shape index (κ2) is 9.09. The molecule has 6 nitrogen and oxygen atoms in total. The van der Waals surface area contributed by atoms with E-state index in [9.17, 15) is 4.79 Å². The molecule has 6 heteroatoms. The summed E-state index contributed by atoms with van der Waals surface area (Å²) in [5.74, 6) is -0.943. The number of carbonyl (C=O) groups excluding carboxylic acids is 1. The van der Waals surface area contributed by atoms with Crippen LogP contribution in [0.4, 0.5) is 0 Å². The van der Waals surface area contributed by atoms with E-state index in [1.165, 1.54) is 6.42 Å². The van der Waals surface area contributed by atoms with E-state index in [1.54, 1.807) is 12.1 Å². The second-order valence-electron chi connectivity index (χ2n) is 8.44. The summed E-state index contributed by atoms with van der Waals surface area (Å²) in [4.78, 5) is 12.4. The van der Waals surface area contributed by atoms with E-state index in [-0.39, 0.29) is 24.8 Å². The zero-order valence-corrected chi connectivity index (χ0v) is 17.5. The normalized spacial score (nSPS) is 29.0. The Labute approximate surface area is 182 Å². The molecular formula is C25H28O6. The van der Waals surface area contributed by atoms with Crippen LogP contribution in [0.15, 0.2) is 60.7 Å². The van der Waals surface area contributed by atoms with Crippen molar-refractivity contribution in [2.75, 3.05) is 6.61 Å². The first-order chi connectivity index (χ1) is 15.2. The Morgan fingerprint density at radius 2 is 1.65 bits per heavy atom. The van der Waals surface area contributed by atoms with Crippen molar-refractivity contribution in [3.05, 3.63) is 71.8 Å². The van der Waals surface area contributed by atoms with Gasteiger partial charge in [0.25, 0.3) is 0 Å². The number of ether oxygens (including phenoxy) is 5. The first-order valence-corrected chi connectivity index (χ1v) is 11.1. The average Bonchev–Trinajstić information content (AvgIpc) is 3.31. The summed E-state index contributed by atoms with van der Waals surface area (Å²) in [5.41, 5.74) is 1.58. The van der Waals surface area contributed by atoms with Crippen molar-refractivity contribution in [3.8, 4) is 0 Å². The number of benzene rings is 2. The maximum absolute atomic E-state index is 12.4. The van der Waals surface area contributed by atoms with Gasteiger partial charge in [-0.25, -0.2) is 4.79 Å². The molecule has 0 amide bonds. The highest BCUT2D eigenvalue weighted by Crippen LogP contribution is 2.45. The zero-order chi connectivity index (χ0) is 21.1. The van der Waals surface area contributed by atoms with Crippen LogP contribution < -0.4 is 0 Å². The molecule has 1 saturated carbocycles. The molecule has 1 aliphatic carbocycles. The summed E-state index contributed by atoms with van der Waals surface area (Å²) in [7, 11) is 0. The minimum atomic E-state index is -0.562. The molecule has 164 valence electrons. The maximum atomic E-state index is 12.4. The number of hydrogen-bond acceptors (Lipinski definition) is 6. The summed E-state index contributed by atoms with van der Waals surface area (Å²) < 4.78 is 30.6. The molecule has 2 aliphatic heterocycles. The molecule has 0 unspecified atom stereocenters. The van der Waals surface area contributed by atoms with Crippen molar-refractivity contribution in [1.29, 1.82) is 0 Å². The molecule has 2 saturated heterocycles. The smallest absolute Gasteiger partial charge is 0.338 e. The molecule has 2 heterocycles. The molecule has 3 aliphatic rings. The third-order valence-corrected chi connectivity index (χ3v) is 6.24. The van der Waals surface area contributed by atoms with Crippen molar-refractivity contribution >= 4 is 5.97 Å². The topological polar surface area (TPSA) is 63.2 Å². The van der Waals surface area contributed by atoms with E-state index < -0.39 is 18.2 Å². The lowest BCUT2D eigenvalue weighted by Gasteiger charge is -2.34. The van der Waals surface area contributed by atoms with Gasteiger partial charge in [0.2, 0.25) is 0 Å². The SMILES string of the molecule is O=C(OC[C@H]1O[C@@H]2OC3(CCCCC3)O[C@@H]2[C@H]1OCc1ccccc1)c1ccccc1. The minimum absolute atomic E-state index is 0.0832. The fourth-order valence-electron chi connectivity index (χ4n) is 4.64. The Bertz CT molecular complexity index is 864. The Balaban J connectivity index is 1.27. The van der Waals surface area contributed by atoms with Crippen LogP contribution in [-0.4, -0.2) is 43.0 Å². The van der Waals surface area contributed by atoms with Crippen molar-refractivity contribution in [3.63, 3.8) is 0 Å². The predicted molar refractivity (Wildman–Crippen MR) is 112 cm³/mol. The van der Waals surface area contributed by atoms with E-state index in [0.717, 1.165) is 31.2 Å². The van der Waals surface area contributed by atoms with Crippen LogP contribution in [0.5, 0.6) is 0 Å². The lowest BCUT2D eigenvalue weighted by Crippen LogP contribution is -2.41. The Morgan fingerprint density at radius 3 is 2.39 bits per heavy atom. The van der Waals surface area contributed by atoms with Crippen molar-refractivity contribution in [1.82, 2.24) is 0 Å². The standard InChI is InChI=1S/C25H28O6/c26-23(19-12-6-2-7-13-19)28-17-20-21(27-16-18-10-4-1-5-11-18)22-24(29-20)31-25(30-22)14-8-3-9-15-25/h1-2,4-7,10-13,20-22,24H,3,8-9,14-17H2/t20-,21+,22-,24-/m1/s1. The van der Waals surface area contributed by atoms with Crippen LogP contribution in [0.2, 0.25) is 0 Å². The first-order valence-electron chi connectivity index (χ1n) is 11.1. The van der Waals surface area contributed by atoms with Crippen molar-refractivity contribution in [2.24, 2.45) is 0 Å². The number of fused-ring (bicyclic) bond motifs is 1. The molecule has 2 aromatic rings. The third-order valence-electron chi connectivity index (χ3n) is 6.24. The highest BCUT2D eigenvalue weighted by Gasteiger charge is 2.58. The van der Waals surface area contributed by atoms with E-state index in [1.807, 2.05) is 48.5 Å². The molecule has 2 aromatic carbocycles. The average molecular weight is 424 g/mol. The van der Waals surface area contributed by atoms with Gasteiger partial charge in [0.15, 0.2) is 12.1 Å². The van der Waals surface area contributed by atoms with Gasteiger partial charge in [0.05, 0.1) is 12.2 Å². The van der Waals surface area contributed by atoms with Gasteiger partial charge in [-0.15, -0.1) is 0 Å². The summed E-state index contributed by atoms with van der Waals surface area (Å²) >= 11 is 0. The third kappa shape index (κ3) is 4.53. The number of rotatable bonds is 6. The van der Waals surface area contributed by atoms with Gasteiger partial charge in [-0.3, -0.25) is 0 Å². The number of carbonyl (C=O) groups is 1. The van der Waals surface area contributed by atoms with E-state index in [4.69, 9.17) is 23.7 Å². The van der Waals surface area contributed by atoms with Gasteiger partial charge < -0.3 is 23.7 Å². The van der Waals surface area contributed by atoms with Crippen molar-refractivity contribution in [2.45, 2.75) is 69.1 Å². The summed E-state index contributed by atoms with van der Waals surface area (Å²) in [6, 6.07) is 18.9. The van der Waals surface area contributed by atoms with Crippen LogP contribution in [-0.2, 0) is 30.3 Å². The van der Waals surface area contributed by atoms with Crippen LogP contribution in [0.1, 0.15) is 48.0 Å². The summed E-state index contributed by atoms with van der Waals surface area (Å²) in [6.45, 7) is 0.511. The number of hydrogen-bond donors (Lipinski definition) is 0. The van der Waals surface area contributed by atoms with E-state index in [0.29, 0.717) is 12.2 Å². The van der Waals surface area contributed by atoms with Crippen LogP contribution in [0, 0.1) is 0 Å². The Morgan fingerprint density at radius 1 is 0.935 bits per heavy atom. The van der Waals surface area contributed by atoms with Crippen LogP contribution >= 0.6 is 0 Å². The van der Waals surface area contributed by atoms with Gasteiger partial charge in [0, 0.05) is 12.8 Å². The van der Waals surface area contributed by atoms with E-state index >= 15 is 0 Å². The quantitative estimate of drug-likeness (QED) is 0.647. The maximum Gasteiger partial charge on any atom is 0.338 e.